The molecule has 33 heavy (non-hydrogen) atoms. The standard InChI is InChI=1S/C30H50O2.Rh/c1-19(2)20-10-15-30(18-31)17-16-28(6)21(25(20)30)8-9-23-27(5)13-12-24(32)26(3,4)22(27)11-14-29(23,28)7;/h20-25,31-32H,1,8-18H2,2-7H3;/t20-,21?,22?,23?,24-,25?,27-,28+,29+,30+;/m0./s1. The fourth-order valence-electron chi connectivity index (χ4n) is 11.5. The van der Waals surface area contributed by atoms with Gasteiger partial charge in [-0.3, -0.25) is 0 Å². The van der Waals surface area contributed by atoms with E-state index in [9.17, 15) is 10.2 Å². The molecule has 2 nitrogen and oxygen atoms in total. The molecule has 3 heteroatoms. The van der Waals surface area contributed by atoms with Crippen molar-refractivity contribution in [3.8, 4) is 0 Å². The number of hydrogen-bond donors (Lipinski definition) is 2. The third-order valence-electron chi connectivity index (χ3n) is 13.5. The molecule has 1 radical (unpaired) electrons. The fourth-order valence-corrected chi connectivity index (χ4v) is 11.5. The maximum absolute atomic E-state index is 10.9. The van der Waals surface area contributed by atoms with Gasteiger partial charge in [-0.05, 0) is 128 Å². The Bertz CT molecular complexity index is 792. The van der Waals surface area contributed by atoms with Gasteiger partial charge in [0, 0.05) is 26.1 Å². The second kappa shape index (κ2) is 8.14. The minimum absolute atomic E-state index is 0. The van der Waals surface area contributed by atoms with E-state index in [0.717, 1.165) is 18.3 Å². The molecule has 5 saturated carbocycles. The molecule has 0 aliphatic heterocycles. The smallest absolute Gasteiger partial charge is 0.0594 e. The van der Waals surface area contributed by atoms with E-state index in [4.69, 9.17) is 0 Å². The molecule has 0 heterocycles. The SMILES string of the molecule is C=C(C)[C@@H]1CC[C@]2(CO)CC[C@]3(C)C(CCC4[C@@]5(C)CC[C@H](O)C(C)(C)C5CC[C@]43C)C12.[Rh]. The van der Waals surface area contributed by atoms with E-state index < -0.39 is 0 Å². The zero-order valence-electron chi connectivity index (χ0n) is 22.2. The van der Waals surface area contributed by atoms with Crippen LogP contribution in [0.3, 0.4) is 0 Å². The molecular formula is C30H50O2Rh. The van der Waals surface area contributed by atoms with Crippen molar-refractivity contribution < 1.29 is 29.7 Å². The molecule has 191 valence electrons. The van der Waals surface area contributed by atoms with Crippen molar-refractivity contribution in [3.63, 3.8) is 0 Å². The Kier molecular flexibility index (Phi) is 6.50. The molecule has 2 N–H and O–H groups in total. The Morgan fingerprint density at radius 1 is 0.818 bits per heavy atom. The van der Waals surface area contributed by atoms with E-state index >= 15 is 0 Å². The predicted octanol–water partition coefficient (Wildman–Crippen LogP) is 6.99. The number of aliphatic hydroxyl groups excluding tert-OH is 2. The molecular weight excluding hydrogens is 495 g/mol. The summed E-state index contributed by atoms with van der Waals surface area (Å²) in [6.45, 7) is 19.7. The maximum Gasteiger partial charge on any atom is 0.0594 e. The van der Waals surface area contributed by atoms with Gasteiger partial charge in [-0.15, -0.1) is 0 Å². The molecule has 5 rings (SSSR count). The molecule has 0 aromatic carbocycles. The molecule has 0 aromatic rings. The van der Waals surface area contributed by atoms with E-state index in [-0.39, 0.29) is 36.4 Å². The van der Waals surface area contributed by atoms with Gasteiger partial charge in [0.25, 0.3) is 0 Å². The number of rotatable bonds is 2. The zero-order chi connectivity index (χ0) is 23.3. The van der Waals surface area contributed by atoms with E-state index in [0.29, 0.717) is 40.6 Å². The third-order valence-corrected chi connectivity index (χ3v) is 13.5. The van der Waals surface area contributed by atoms with Gasteiger partial charge in [0.05, 0.1) is 6.10 Å². The molecule has 0 amide bonds. The van der Waals surface area contributed by atoms with Crippen LogP contribution in [0.2, 0.25) is 0 Å². The summed E-state index contributed by atoms with van der Waals surface area (Å²) < 4.78 is 0. The van der Waals surface area contributed by atoms with Crippen LogP contribution in [0.25, 0.3) is 0 Å². The van der Waals surface area contributed by atoms with Crippen LogP contribution in [0.4, 0.5) is 0 Å². The van der Waals surface area contributed by atoms with Crippen LogP contribution in [-0.4, -0.2) is 22.9 Å². The Morgan fingerprint density at radius 2 is 1.52 bits per heavy atom. The summed E-state index contributed by atoms with van der Waals surface area (Å²) in [6.07, 6.45) is 12.2. The predicted molar refractivity (Wildman–Crippen MR) is 132 cm³/mol. The number of hydrogen-bond acceptors (Lipinski definition) is 2. The summed E-state index contributed by atoms with van der Waals surface area (Å²) >= 11 is 0. The second-order valence-electron chi connectivity index (χ2n) is 14.6. The average molecular weight is 546 g/mol. The van der Waals surface area contributed by atoms with Gasteiger partial charge >= 0.3 is 0 Å². The van der Waals surface area contributed by atoms with E-state index in [2.05, 4.69) is 48.1 Å². The molecule has 4 unspecified atom stereocenters. The molecule has 5 fully saturated rings. The summed E-state index contributed by atoms with van der Waals surface area (Å²) in [5.74, 6) is 3.33. The van der Waals surface area contributed by atoms with Crippen molar-refractivity contribution in [1.82, 2.24) is 0 Å². The van der Waals surface area contributed by atoms with Gasteiger partial charge in [0.15, 0.2) is 0 Å². The summed E-state index contributed by atoms with van der Waals surface area (Å²) in [5.41, 5.74) is 2.60. The van der Waals surface area contributed by atoms with Gasteiger partial charge < -0.3 is 10.2 Å². The first-order valence-electron chi connectivity index (χ1n) is 13.8. The number of allylic oxidation sites excluding steroid dienone is 1. The van der Waals surface area contributed by atoms with Gasteiger partial charge in [0.2, 0.25) is 0 Å². The minimum Gasteiger partial charge on any atom is -0.396 e. The normalized spacial score (nSPS) is 54.8. The van der Waals surface area contributed by atoms with Crippen LogP contribution in [0.5, 0.6) is 0 Å². The second-order valence-corrected chi connectivity index (χ2v) is 14.6. The Morgan fingerprint density at radius 3 is 2.15 bits per heavy atom. The third kappa shape index (κ3) is 3.19. The molecule has 5 aliphatic carbocycles. The first-order chi connectivity index (χ1) is 14.9. The molecule has 0 saturated heterocycles. The van der Waals surface area contributed by atoms with Crippen molar-refractivity contribution >= 4 is 0 Å². The first-order valence-corrected chi connectivity index (χ1v) is 13.8. The molecule has 0 aromatic heterocycles. The Labute approximate surface area is 216 Å². The monoisotopic (exact) mass is 545 g/mol. The Hall–Kier alpha value is 0.283. The van der Waals surface area contributed by atoms with Crippen molar-refractivity contribution in [2.75, 3.05) is 6.61 Å². The van der Waals surface area contributed by atoms with Gasteiger partial charge in [-0.25, -0.2) is 0 Å². The van der Waals surface area contributed by atoms with Gasteiger partial charge in [-0.1, -0.05) is 46.8 Å². The van der Waals surface area contributed by atoms with E-state index in [1.54, 1.807) is 0 Å². The van der Waals surface area contributed by atoms with E-state index in [1.807, 2.05) is 0 Å². The average Bonchev–Trinajstić information content (AvgIpc) is 3.12. The summed E-state index contributed by atoms with van der Waals surface area (Å²) in [7, 11) is 0. The summed E-state index contributed by atoms with van der Waals surface area (Å²) in [5, 5.41) is 21.5. The van der Waals surface area contributed by atoms with Crippen molar-refractivity contribution in [3.05, 3.63) is 12.2 Å². The first kappa shape index (κ1) is 26.3. The van der Waals surface area contributed by atoms with Crippen LogP contribution < -0.4 is 0 Å². The summed E-state index contributed by atoms with van der Waals surface area (Å²) in [4.78, 5) is 0. The number of fused-ring (bicyclic) bond motifs is 7. The van der Waals surface area contributed by atoms with Crippen molar-refractivity contribution in [1.29, 1.82) is 0 Å². The number of aliphatic hydroxyl groups is 2. The van der Waals surface area contributed by atoms with Crippen LogP contribution in [0.15, 0.2) is 12.2 Å². The van der Waals surface area contributed by atoms with E-state index in [1.165, 1.54) is 63.4 Å². The van der Waals surface area contributed by atoms with Crippen LogP contribution in [0, 0.1) is 56.7 Å². The van der Waals surface area contributed by atoms with Crippen LogP contribution in [-0.2, 0) is 19.5 Å². The molecule has 0 bridgehead atoms. The quantitative estimate of drug-likeness (QED) is 0.290. The molecule has 10 atom stereocenters. The van der Waals surface area contributed by atoms with Crippen molar-refractivity contribution in [2.45, 2.75) is 112 Å². The summed E-state index contributed by atoms with van der Waals surface area (Å²) in [6, 6.07) is 0. The van der Waals surface area contributed by atoms with Crippen LogP contribution >= 0.6 is 0 Å². The topological polar surface area (TPSA) is 40.5 Å². The fraction of sp³-hybridized carbons (Fsp3) is 0.933. The minimum atomic E-state index is -0.147. The molecule has 5 aliphatic rings. The van der Waals surface area contributed by atoms with Gasteiger partial charge in [-0.2, -0.15) is 0 Å². The van der Waals surface area contributed by atoms with Crippen LogP contribution in [0.1, 0.15) is 106 Å². The van der Waals surface area contributed by atoms with Gasteiger partial charge in [0.1, 0.15) is 0 Å². The maximum atomic E-state index is 10.9. The largest absolute Gasteiger partial charge is 0.396 e. The van der Waals surface area contributed by atoms with Crippen molar-refractivity contribution in [2.24, 2.45) is 56.7 Å². The zero-order valence-corrected chi connectivity index (χ0v) is 23.8. The molecule has 0 spiro atoms. The Balaban J connectivity index is 0.00000259.